The normalized spacial score (nSPS) is 12.4. The number of hydrogen-bond donors (Lipinski definition) is 1. The van der Waals surface area contributed by atoms with Crippen molar-refractivity contribution in [2.75, 3.05) is 12.1 Å². The topological polar surface area (TPSA) is 77.8 Å². The lowest BCUT2D eigenvalue weighted by atomic mass is 10.1. The summed E-state index contributed by atoms with van der Waals surface area (Å²) in [5, 5.41) is 3.43. The fourth-order valence-corrected chi connectivity index (χ4v) is 2.59. The first-order valence-corrected chi connectivity index (χ1v) is 7.36. The van der Waals surface area contributed by atoms with Crippen molar-refractivity contribution < 1.29 is 23.5 Å². The third kappa shape index (κ3) is 2.48. The minimum Gasteiger partial charge on any atom is -0.454 e. The van der Waals surface area contributed by atoms with E-state index in [4.69, 9.17) is 13.9 Å². The first-order valence-electron chi connectivity index (χ1n) is 7.36. The van der Waals surface area contributed by atoms with Gasteiger partial charge in [0.1, 0.15) is 5.58 Å². The van der Waals surface area contributed by atoms with E-state index < -0.39 is 0 Å². The third-order valence-corrected chi connectivity index (χ3v) is 3.70. The maximum atomic E-state index is 12.6. The fourth-order valence-electron chi connectivity index (χ4n) is 2.59. The Labute approximate surface area is 137 Å². The molecule has 6 nitrogen and oxygen atoms in total. The Kier molecular flexibility index (Phi) is 3.23. The van der Waals surface area contributed by atoms with Crippen molar-refractivity contribution in [1.29, 1.82) is 0 Å². The van der Waals surface area contributed by atoms with Crippen LogP contribution in [0.15, 0.2) is 46.9 Å². The van der Waals surface area contributed by atoms with Gasteiger partial charge < -0.3 is 19.2 Å². The van der Waals surface area contributed by atoms with Crippen molar-refractivity contribution in [2.45, 2.75) is 6.92 Å². The summed E-state index contributed by atoms with van der Waals surface area (Å²) in [5.41, 5.74) is 1.68. The van der Waals surface area contributed by atoms with Crippen molar-refractivity contribution in [3.8, 4) is 11.5 Å². The number of carbonyl (C=O) groups excluding carboxylic acids is 2. The molecule has 0 radical (unpaired) electrons. The van der Waals surface area contributed by atoms with Crippen LogP contribution in [0.3, 0.4) is 0 Å². The first kappa shape index (κ1) is 14.3. The summed E-state index contributed by atoms with van der Waals surface area (Å²) in [5.74, 6) is 1.09. The number of amides is 1. The molecule has 1 amide bonds. The number of anilines is 1. The summed E-state index contributed by atoms with van der Waals surface area (Å²) < 4.78 is 16.3. The third-order valence-electron chi connectivity index (χ3n) is 3.70. The number of carbonyl (C=O) groups is 2. The Hall–Kier alpha value is -3.28. The summed E-state index contributed by atoms with van der Waals surface area (Å²) in [6.07, 6.45) is 0. The quantitative estimate of drug-likeness (QED) is 0.748. The van der Waals surface area contributed by atoms with Gasteiger partial charge in [-0.3, -0.25) is 9.59 Å². The van der Waals surface area contributed by atoms with Crippen LogP contribution in [0, 0.1) is 0 Å². The SMILES string of the molecule is CC(=O)Nc1ccc(C(=O)c2cc3cc4c(cc3o2)OCO4)cc1. The van der Waals surface area contributed by atoms with Crippen LogP contribution in [0.2, 0.25) is 0 Å². The minimum atomic E-state index is -0.234. The lowest BCUT2D eigenvalue weighted by molar-refractivity contribution is -0.114. The summed E-state index contributed by atoms with van der Waals surface area (Å²) in [6, 6.07) is 11.8. The number of benzene rings is 2. The standard InChI is InChI=1S/C18H13NO5/c1-10(20)19-13-4-2-11(3-5-13)18(21)17-7-12-6-15-16(23-9-22-15)8-14(12)24-17/h2-8H,9H2,1H3,(H,19,20). The molecule has 0 aliphatic carbocycles. The molecule has 1 N–H and O–H groups in total. The predicted octanol–water partition coefficient (Wildman–Crippen LogP) is 3.35. The average molecular weight is 323 g/mol. The van der Waals surface area contributed by atoms with E-state index in [1.54, 1.807) is 42.5 Å². The molecule has 3 aromatic rings. The smallest absolute Gasteiger partial charge is 0.231 e. The summed E-state index contributed by atoms with van der Waals surface area (Å²) in [7, 11) is 0. The Balaban J connectivity index is 1.64. The van der Waals surface area contributed by atoms with Gasteiger partial charge in [0.05, 0.1) is 0 Å². The van der Waals surface area contributed by atoms with Crippen LogP contribution in [0.1, 0.15) is 23.0 Å². The van der Waals surface area contributed by atoms with Crippen LogP contribution in [0.5, 0.6) is 11.5 Å². The van der Waals surface area contributed by atoms with Crippen LogP contribution in [0.4, 0.5) is 5.69 Å². The van der Waals surface area contributed by atoms with Crippen LogP contribution in [0.25, 0.3) is 11.0 Å². The van der Waals surface area contributed by atoms with Crippen LogP contribution < -0.4 is 14.8 Å². The molecule has 1 aromatic heterocycles. The van der Waals surface area contributed by atoms with E-state index in [2.05, 4.69) is 5.32 Å². The number of furan rings is 1. The number of rotatable bonds is 3. The van der Waals surface area contributed by atoms with Gasteiger partial charge in [-0.25, -0.2) is 0 Å². The van der Waals surface area contributed by atoms with Crippen molar-refractivity contribution in [1.82, 2.24) is 0 Å². The number of ketones is 1. The highest BCUT2D eigenvalue weighted by Gasteiger charge is 2.19. The van der Waals surface area contributed by atoms with Crippen molar-refractivity contribution >= 4 is 28.3 Å². The predicted molar refractivity (Wildman–Crippen MR) is 86.5 cm³/mol. The van der Waals surface area contributed by atoms with Crippen LogP contribution >= 0.6 is 0 Å². The Morgan fingerprint density at radius 3 is 2.42 bits per heavy atom. The molecule has 24 heavy (non-hydrogen) atoms. The summed E-state index contributed by atoms with van der Waals surface area (Å²) in [4.78, 5) is 23.6. The van der Waals surface area contributed by atoms with Gasteiger partial charge in [-0.1, -0.05) is 0 Å². The van der Waals surface area contributed by atoms with E-state index in [-0.39, 0.29) is 24.2 Å². The number of hydrogen-bond acceptors (Lipinski definition) is 5. The molecule has 6 heteroatoms. The minimum absolute atomic E-state index is 0.163. The molecule has 0 fully saturated rings. The van der Waals surface area contributed by atoms with Gasteiger partial charge in [0.2, 0.25) is 18.5 Å². The number of fused-ring (bicyclic) bond motifs is 2. The van der Waals surface area contributed by atoms with E-state index >= 15 is 0 Å². The summed E-state index contributed by atoms with van der Waals surface area (Å²) >= 11 is 0. The van der Waals surface area contributed by atoms with Gasteiger partial charge in [0.15, 0.2) is 17.3 Å². The van der Waals surface area contributed by atoms with Gasteiger partial charge in [-0.2, -0.15) is 0 Å². The zero-order valence-electron chi connectivity index (χ0n) is 12.8. The van der Waals surface area contributed by atoms with Crippen LogP contribution in [-0.4, -0.2) is 18.5 Å². The molecular formula is C18H13NO5. The highest BCUT2D eigenvalue weighted by molar-refractivity contribution is 6.09. The van der Waals surface area contributed by atoms with Gasteiger partial charge >= 0.3 is 0 Å². The highest BCUT2D eigenvalue weighted by Crippen LogP contribution is 2.37. The van der Waals surface area contributed by atoms with E-state index in [1.165, 1.54) is 6.92 Å². The monoisotopic (exact) mass is 323 g/mol. The zero-order valence-corrected chi connectivity index (χ0v) is 12.8. The van der Waals surface area contributed by atoms with E-state index in [9.17, 15) is 9.59 Å². The molecule has 0 atom stereocenters. The average Bonchev–Trinajstić information content (AvgIpc) is 3.17. The van der Waals surface area contributed by atoms with E-state index in [0.29, 0.717) is 28.3 Å². The molecule has 2 heterocycles. The molecule has 0 saturated heterocycles. The van der Waals surface area contributed by atoms with Crippen molar-refractivity contribution in [3.63, 3.8) is 0 Å². The van der Waals surface area contributed by atoms with E-state index in [0.717, 1.165) is 5.39 Å². The zero-order chi connectivity index (χ0) is 16.7. The first-order chi connectivity index (χ1) is 11.6. The largest absolute Gasteiger partial charge is 0.454 e. The maximum absolute atomic E-state index is 12.6. The molecule has 2 aromatic carbocycles. The summed E-state index contributed by atoms with van der Waals surface area (Å²) in [6.45, 7) is 1.62. The number of nitrogens with one attached hydrogen (secondary N) is 1. The molecule has 0 spiro atoms. The Bertz CT molecular complexity index is 914. The lowest BCUT2D eigenvalue weighted by Crippen LogP contribution is -2.06. The molecule has 0 saturated carbocycles. The molecule has 0 bridgehead atoms. The second-order valence-corrected chi connectivity index (χ2v) is 5.44. The molecule has 0 unspecified atom stereocenters. The van der Waals surface area contributed by atoms with Crippen LogP contribution in [-0.2, 0) is 4.79 Å². The molecule has 4 rings (SSSR count). The number of ether oxygens (including phenoxy) is 2. The van der Waals surface area contributed by atoms with Gasteiger partial charge in [-0.05, 0) is 36.4 Å². The molecular weight excluding hydrogens is 310 g/mol. The molecule has 1 aliphatic heterocycles. The maximum Gasteiger partial charge on any atom is 0.231 e. The van der Waals surface area contributed by atoms with Gasteiger partial charge in [0, 0.05) is 29.6 Å². The van der Waals surface area contributed by atoms with Gasteiger partial charge in [-0.15, -0.1) is 0 Å². The fraction of sp³-hybridized carbons (Fsp3) is 0.111. The second kappa shape index (κ2) is 5.42. The Morgan fingerprint density at radius 1 is 1.00 bits per heavy atom. The van der Waals surface area contributed by atoms with Crippen molar-refractivity contribution in [3.05, 3.63) is 53.8 Å². The van der Waals surface area contributed by atoms with Crippen molar-refractivity contribution in [2.24, 2.45) is 0 Å². The Morgan fingerprint density at radius 2 is 1.71 bits per heavy atom. The second-order valence-electron chi connectivity index (χ2n) is 5.44. The van der Waals surface area contributed by atoms with Gasteiger partial charge in [0.25, 0.3) is 0 Å². The lowest BCUT2D eigenvalue weighted by Gasteiger charge is -2.02. The molecule has 120 valence electrons. The van der Waals surface area contributed by atoms with E-state index in [1.807, 2.05) is 0 Å². The highest BCUT2D eigenvalue weighted by atomic mass is 16.7. The molecule has 1 aliphatic rings.